The van der Waals surface area contributed by atoms with Gasteiger partial charge in [-0.2, -0.15) is 0 Å². The molecule has 2 heterocycles. The van der Waals surface area contributed by atoms with Crippen LogP contribution in [0.15, 0.2) is 88.5 Å². The van der Waals surface area contributed by atoms with Gasteiger partial charge in [-0.1, -0.05) is 78.5 Å². The van der Waals surface area contributed by atoms with E-state index >= 15 is 0 Å². The Kier molecular flexibility index (Phi) is 5.07. The van der Waals surface area contributed by atoms with Crippen molar-refractivity contribution in [1.29, 1.82) is 0 Å². The van der Waals surface area contributed by atoms with Crippen molar-refractivity contribution in [3.63, 3.8) is 0 Å². The van der Waals surface area contributed by atoms with Crippen molar-refractivity contribution in [3.05, 3.63) is 96.1 Å². The number of imidazole rings is 1. The minimum Gasteiger partial charge on any atom is -0.414 e. The van der Waals surface area contributed by atoms with Crippen LogP contribution in [0.3, 0.4) is 0 Å². The van der Waals surface area contributed by atoms with E-state index in [1.807, 2.05) is 31.2 Å². The molecule has 5 aromatic rings. The van der Waals surface area contributed by atoms with Gasteiger partial charge in [0.2, 0.25) is 5.89 Å². The highest BCUT2D eigenvalue weighted by Crippen LogP contribution is 2.29. The van der Waals surface area contributed by atoms with Crippen molar-refractivity contribution >= 4 is 22.8 Å². The monoisotopic (exact) mass is 412 g/mol. The third-order valence-corrected chi connectivity index (χ3v) is 5.91. The Hall–Kier alpha value is -3.38. The first-order valence-corrected chi connectivity index (χ1v) is 10.8. The average Bonchev–Trinajstić information content (AvgIpc) is 3.37. The molecule has 0 aliphatic heterocycles. The van der Waals surface area contributed by atoms with Gasteiger partial charge in [-0.25, -0.2) is 4.98 Å². The van der Waals surface area contributed by atoms with E-state index in [4.69, 9.17) is 4.42 Å². The van der Waals surface area contributed by atoms with Gasteiger partial charge < -0.3 is 8.98 Å². The normalized spacial score (nSPS) is 11.2. The molecular weight excluding hydrogens is 392 g/mol. The Balaban J connectivity index is 1.32. The molecule has 0 aliphatic rings. The molecule has 0 atom stereocenters. The summed E-state index contributed by atoms with van der Waals surface area (Å²) in [4.78, 5) is 4.60. The smallest absolute Gasteiger partial charge is 0.276 e. The first kappa shape index (κ1) is 18.6. The van der Waals surface area contributed by atoms with Crippen LogP contribution < -0.4 is 0 Å². The fourth-order valence-corrected chi connectivity index (χ4v) is 4.36. The fraction of sp³-hybridized carbons (Fsp3) is 0.125. The Bertz CT molecular complexity index is 1290. The summed E-state index contributed by atoms with van der Waals surface area (Å²) >= 11 is 1.56. The number of rotatable bonds is 6. The summed E-state index contributed by atoms with van der Waals surface area (Å²) in [7, 11) is 0. The lowest BCUT2D eigenvalue weighted by Gasteiger charge is -2.08. The molecule has 0 N–H and O–H groups in total. The van der Waals surface area contributed by atoms with Crippen LogP contribution in [0.2, 0.25) is 0 Å². The Morgan fingerprint density at radius 2 is 1.63 bits per heavy atom. The minimum absolute atomic E-state index is 0.514. The van der Waals surface area contributed by atoms with Crippen molar-refractivity contribution in [2.75, 3.05) is 0 Å². The molecule has 0 saturated heterocycles. The molecule has 0 saturated carbocycles. The number of benzene rings is 3. The van der Waals surface area contributed by atoms with Crippen molar-refractivity contribution < 1.29 is 4.42 Å². The van der Waals surface area contributed by atoms with Gasteiger partial charge in [0.15, 0.2) is 0 Å². The Morgan fingerprint density at radius 3 is 2.53 bits per heavy atom. The number of aryl methyl sites for hydroxylation is 1. The Labute approximate surface area is 178 Å². The van der Waals surface area contributed by atoms with Crippen molar-refractivity contribution in [2.45, 2.75) is 24.4 Å². The second kappa shape index (κ2) is 8.16. The molecule has 3 aromatic carbocycles. The highest BCUT2D eigenvalue weighted by molar-refractivity contribution is 7.98. The molecule has 0 amide bonds. The lowest BCUT2D eigenvalue weighted by atomic mass is 10.0. The van der Waals surface area contributed by atoms with Gasteiger partial charge in [-0.15, -0.1) is 10.2 Å². The van der Waals surface area contributed by atoms with Crippen LogP contribution in [0.25, 0.3) is 22.2 Å². The quantitative estimate of drug-likeness (QED) is 0.333. The molecule has 6 heteroatoms. The molecule has 0 spiro atoms. The van der Waals surface area contributed by atoms with Crippen LogP contribution in [0.4, 0.5) is 0 Å². The zero-order valence-corrected chi connectivity index (χ0v) is 17.3. The van der Waals surface area contributed by atoms with Crippen molar-refractivity contribution in [2.24, 2.45) is 0 Å². The first-order valence-electron chi connectivity index (χ1n) is 9.78. The summed E-state index contributed by atoms with van der Waals surface area (Å²) in [5, 5.41) is 9.06. The first-order chi connectivity index (χ1) is 14.8. The third-order valence-electron chi connectivity index (χ3n) is 5.04. The molecule has 0 radical (unpaired) electrons. The summed E-state index contributed by atoms with van der Waals surface area (Å²) < 4.78 is 8.02. The van der Waals surface area contributed by atoms with Gasteiger partial charge in [0.05, 0.1) is 11.0 Å². The lowest BCUT2D eigenvalue weighted by molar-refractivity contribution is 0.404. The third kappa shape index (κ3) is 3.74. The van der Waals surface area contributed by atoms with Crippen molar-refractivity contribution in [3.8, 4) is 11.1 Å². The maximum Gasteiger partial charge on any atom is 0.276 e. The number of hydrogen-bond donors (Lipinski definition) is 0. The van der Waals surface area contributed by atoms with Gasteiger partial charge in [0, 0.05) is 5.75 Å². The maximum atomic E-state index is 5.92. The summed E-state index contributed by atoms with van der Waals surface area (Å²) in [5.41, 5.74) is 5.72. The molecular formula is C24H20N4OS. The van der Waals surface area contributed by atoms with Crippen LogP contribution in [-0.2, 0) is 12.3 Å². The lowest BCUT2D eigenvalue weighted by Crippen LogP contribution is -2.02. The molecule has 148 valence electrons. The SMILES string of the molecule is Cc1nc2ccccc2n1Cc1nnc(SCc2ccccc2-c2ccccc2)o1. The summed E-state index contributed by atoms with van der Waals surface area (Å²) in [5.74, 6) is 2.28. The predicted molar refractivity (Wildman–Crippen MR) is 119 cm³/mol. The molecule has 0 fully saturated rings. The highest BCUT2D eigenvalue weighted by atomic mass is 32.2. The zero-order chi connectivity index (χ0) is 20.3. The number of aromatic nitrogens is 4. The van der Waals surface area contributed by atoms with Crippen molar-refractivity contribution in [1.82, 2.24) is 19.7 Å². The minimum atomic E-state index is 0.514. The van der Waals surface area contributed by atoms with Crippen LogP contribution in [-0.4, -0.2) is 19.7 Å². The van der Waals surface area contributed by atoms with E-state index in [0.717, 1.165) is 22.6 Å². The molecule has 0 bridgehead atoms. The van der Waals surface area contributed by atoms with Gasteiger partial charge in [-0.3, -0.25) is 0 Å². The number of thioether (sulfide) groups is 1. The van der Waals surface area contributed by atoms with E-state index in [2.05, 4.69) is 74.3 Å². The molecule has 0 aliphatic carbocycles. The second-order valence-electron chi connectivity index (χ2n) is 7.01. The predicted octanol–water partition coefficient (Wildman–Crippen LogP) is 5.74. The van der Waals surface area contributed by atoms with E-state index in [1.54, 1.807) is 11.8 Å². The standard InChI is InChI=1S/C24H20N4OS/c1-17-25-21-13-7-8-14-22(21)28(17)15-23-26-27-24(29-23)30-16-19-11-5-6-12-20(19)18-9-3-2-4-10-18/h2-14H,15-16H2,1H3. The summed E-state index contributed by atoms with van der Waals surface area (Å²) in [6, 6.07) is 26.9. The fourth-order valence-electron chi connectivity index (χ4n) is 3.58. The Morgan fingerprint density at radius 1 is 0.867 bits per heavy atom. The van der Waals surface area contributed by atoms with Crippen LogP contribution in [0, 0.1) is 6.92 Å². The van der Waals surface area contributed by atoms with E-state index in [0.29, 0.717) is 17.7 Å². The summed E-state index contributed by atoms with van der Waals surface area (Å²) in [6.45, 7) is 2.51. The molecule has 5 rings (SSSR count). The molecule has 0 unspecified atom stereocenters. The second-order valence-corrected chi connectivity index (χ2v) is 7.93. The zero-order valence-electron chi connectivity index (χ0n) is 16.5. The van der Waals surface area contributed by atoms with Gasteiger partial charge >= 0.3 is 0 Å². The van der Waals surface area contributed by atoms with Gasteiger partial charge in [-0.05, 0) is 35.7 Å². The van der Waals surface area contributed by atoms with Crippen LogP contribution in [0.1, 0.15) is 17.3 Å². The highest BCUT2D eigenvalue weighted by Gasteiger charge is 2.13. The molecule has 2 aromatic heterocycles. The number of hydrogen-bond acceptors (Lipinski definition) is 5. The maximum absolute atomic E-state index is 5.92. The number of para-hydroxylation sites is 2. The van der Waals surface area contributed by atoms with Crippen LogP contribution >= 0.6 is 11.8 Å². The largest absolute Gasteiger partial charge is 0.414 e. The molecule has 30 heavy (non-hydrogen) atoms. The van der Waals surface area contributed by atoms with Crippen LogP contribution in [0.5, 0.6) is 0 Å². The average molecular weight is 413 g/mol. The van der Waals surface area contributed by atoms with Gasteiger partial charge in [0.1, 0.15) is 12.4 Å². The van der Waals surface area contributed by atoms with E-state index in [1.165, 1.54) is 16.7 Å². The molecule has 5 nitrogen and oxygen atoms in total. The summed E-state index contributed by atoms with van der Waals surface area (Å²) in [6.07, 6.45) is 0. The number of fused-ring (bicyclic) bond motifs is 1. The van der Waals surface area contributed by atoms with E-state index in [-0.39, 0.29) is 0 Å². The van der Waals surface area contributed by atoms with E-state index < -0.39 is 0 Å². The van der Waals surface area contributed by atoms with E-state index in [9.17, 15) is 0 Å². The number of nitrogens with zero attached hydrogens (tertiary/aromatic N) is 4. The topological polar surface area (TPSA) is 56.7 Å². The van der Waals surface area contributed by atoms with Gasteiger partial charge in [0.25, 0.3) is 5.22 Å².